The van der Waals surface area contributed by atoms with Gasteiger partial charge >= 0.3 is 0 Å². The third kappa shape index (κ3) is 4.77. The van der Waals surface area contributed by atoms with Gasteiger partial charge in [0.05, 0.1) is 28.3 Å². The number of thioether (sulfide) groups is 1. The van der Waals surface area contributed by atoms with Gasteiger partial charge in [-0.2, -0.15) is 5.26 Å². The Morgan fingerprint density at radius 2 is 1.71 bits per heavy atom. The number of aryl methyl sites for hydroxylation is 1. The smallest absolute Gasteiger partial charge is 0.173 e. The molecule has 0 fully saturated rings. The Morgan fingerprint density at radius 1 is 1.03 bits per heavy atom. The fourth-order valence-corrected chi connectivity index (χ4v) is 6.17. The molecule has 0 bridgehead atoms. The Morgan fingerprint density at radius 3 is 2.29 bits per heavy atom. The van der Waals surface area contributed by atoms with Crippen molar-refractivity contribution in [2.24, 2.45) is 0 Å². The molecule has 1 atom stereocenters. The van der Waals surface area contributed by atoms with Crippen molar-refractivity contribution >= 4 is 34.7 Å². The first kappa shape index (κ1) is 23.7. The number of hydrogen-bond donors (Lipinski definition) is 1. The Labute approximate surface area is 208 Å². The van der Waals surface area contributed by atoms with Crippen LogP contribution in [0.1, 0.15) is 40.6 Å². The molecule has 0 saturated heterocycles. The van der Waals surface area contributed by atoms with Crippen molar-refractivity contribution in [1.29, 1.82) is 5.26 Å². The minimum absolute atomic E-state index is 0.0148. The topological polar surface area (TPSA) is 70.0 Å². The average molecular weight is 485 g/mol. The summed E-state index contributed by atoms with van der Waals surface area (Å²) in [7, 11) is 0. The van der Waals surface area contributed by atoms with Crippen molar-refractivity contribution in [3.63, 3.8) is 0 Å². The quantitative estimate of drug-likeness (QED) is 0.381. The number of rotatable bonds is 7. The molecule has 2 heterocycles. The van der Waals surface area contributed by atoms with E-state index in [0.717, 1.165) is 27.3 Å². The minimum Gasteiger partial charge on any atom is -0.353 e. The summed E-state index contributed by atoms with van der Waals surface area (Å²) in [5.74, 6) is -0.295. The first-order valence-electron chi connectivity index (χ1n) is 10.9. The van der Waals surface area contributed by atoms with Crippen LogP contribution in [-0.2, 0) is 4.79 Å². The summed E-state index contributed by atoms with van der Waals surface area (Å²) in [5, 5.41) is 15.9. The first-order chi connectivity index (χ1) is 16.4. The van der Waals surface area contributed by atoms with Crippen molar-refractivity contribution in [1.82, 2.24) is 5.32 Å². The normalized spacial score (nSPS) is 15.6. The van der Waals surface area contributed by atoms with Gasteiger partial charge in [0.2, 0.25) is 0 Å². The lowest BCUT2D eigenvalue weighted by Crippen LogP contribution is -2.27. The fraction of sp³-hybridized carbons (Fsp3) is 0.179. The third-order valence-corrected chi connectivity index (χ3v) is 7.95. The minimum atomic E-state index is -0.411. The van der Waals surface area contributed by atoms with Crippen molar-refractivity contribution in [2.45, 2.75) is 26.7 Å². The van der Waals surface area contributed by atoms with E-state index in [9.17, 15) is 14.9 Å². The first-order valence-corrected chi connectivity index (χ1v) is 12.8. The predicted octanol–water partition coefficient (Wildman–Crippen LogP) is 6.62. The maximum absolute atomic E-state index is 12.9. The molecule has 6 heteroatoms. The van der Waals surface area contributed by atoms with Gasteiger partial charge in [0, 0.05) is 21.7 Å². The van der Waals surface area contributed by atoms with Gasteiger partial charge < -0.3 is 5.32 Å². The molecule has 34 heavy (non-hydrogen) atoms. The van der Waals surface area contributed by atoms with E-state index >= 15 is 0 Å². The highest BCUT2D eigenvalue weighted by Crippen LogP contribution is 2.43. The second-order valence-electron chi connectivity index (χ2n) is 8.13. The van der Waals surface area contributed by atoms with Crippen molar-refractivity contribution in [3.05, 3.63) is 104 Å². The van der Waals surface area contributed by atoms with Gasteiger partial charge in [-0.25, -0.2) is 0 Å². The van der Waals surface area contributed by atoms with Gasteiger partial charge in [0.25, 0.3) is 0 Å². The summed E-state index contributed by atoms with van der Waals surface area (Å²) in [6.45, 7) is 5.38. The number of benzene rings is 2. The zero-order valence-electron chi connectivity index (χ0n) is 19.2. The number of allylic oxidation sites excluding steroid dienone is 3. The average Bonchev–Trinajstić information content (AvgIpc) is 3.27. The highest BCUT2D eigenvalue weighted by Gasteiger charge is 2.34. The zero-order valence-corrected chi connectivity index (χ0v) is 20.8. The summed E-state index contributed by atoms with van der Waals surface area (Å²) >= 11 is 2.86. The lowest BCUT2D eigenvalue weighted by molar-refractivity contribution is -0.113. The summed E-state index contributed by atoms with van der Waals surface area (Å²) in [6, 6.07) is 21.9. The van der Waals surface area contributed by atoms with E-state index in [0.29, 0.717) is 21.7 Å². The molecule has 1 unspecified atom stereocenters. The number of carbonyl (C=O) groups is 2. The van der Waals surface area contributed by atoms with Crippen molar-refractivity contribution in [3.8, 4) is 17.2 Å². The van der Waals surface area contributed by atoms with Gasteiger partial charge in [-0.1, -0.05) is 66.4 Å². The molecule has 1 aliphatic heterocycles. The SMILES string of the molecule is CC(=O)C1=C(C)NC(SCC(=O)c2ccc(-c3ccccc3)cc2)=C(C#N)C1c1sccc1C. The van der Waals surface area contributed by atoms with Gasteiger partial charge in [0.1, 0.15) is 0 Å². The number of hydrogen-bond acceptors (Lipinski definition) is 6. The Hall–Kier alpha value is -3.40. The molecular formula is C28H24N2O2S2. The predicted molar refractivity (Wildman–Crippen MR) is 140 cm³/mol. The second kappa shape index (κ2) is 10.3. The second-order valence-corrected chi connectivity index (χ2v) is 10.1. The highest BCUT2D eigenvalue weighted by molar-refractivity contribution is 8.03. The molecule has 3 aromatic rings. The molecule has 0 amide bonds. The van der Waals surface area contributed by atoms with Gasteiger partial charge in [-0.05, 0) is 48.9 Å². The largest absolute Gasteiger partial charge is 0.353 e. The molecule has 4 nitrogen and oxygen atoms in total. The van der Waals surface area contributed by atoms with Crippen LogP contribution in [0.15, 0.2) is 87.9 Å². The number of nitrogens with zero attached hydrogens (tertiary/aromatic N) is 1. The van der Waals surface area contributed by atoms with E-state index in [1.165, 1.54) is 18.7 Å². The summed E-state index contributed by atoms with van der Waals surface area (Å²) in [4.78, 5) is 26.4. The van der Waals surface area contributed by atoms with E-state index < -0.39 is 5.92 Å². The van der Waals surface area contributed by atoms with Crippen molar-refractivity contribution < 1.29 is 9.59 Å². The molecule has 0 aliphatic carbocycles. The van der Waals surface area contributed by atoms with Crippen LogP contribution in [0.2, 0.25) is 0 Å². The molecular weight excluding hydrogens is 460 g/mol. The van der Waals surface area contributed by atoms with E-state index in [2.05, 4.69) is 11.4 Å². The summed E-state index contributed by atoms with van der Waals surface area (Å²) in [6.07, 6.45) is 0. The highest BCUT2D eigenvalue weighted by atomic mass is 32.2. The number of dihydropyridines is 1. The zero-order chi connectivity index (χ0) is 24.2. The molecule has 1 N–H and O–H groups in total. The Bertz CT molecular complexity index is 1340. The molecule has 0 saturated carbocycles. The van der Waals surface area contributed by atoms with Gasteiger partial charge in [0.15, 0.2) is 11.6 Å². The van der Waals surface area contributed by atoms with E-state index in [1.54, 1.807) is 11.3 Å². The van der Waals surface area contributed by atoms with Crippen LogP contribution in [0.3, 0.4) is 0 Å². The molecule has 4 rings (SSSR count). The molecule has 1 aromatic heterocycles. The number of Topliss-reactive ketones (excluding diaryl/α,β-unsaturated/α-hetero) is 2. The fourth-order valence-electron chi connectivity index (χ4n) is 4.14. The van der Waals surface area contributed by atoms with Crippen LogP contribution in [0.4, 0.5) is 0 Å². The van der Waals surface area contributed by atoms with E-state index in [-0.39, 0.29) is 17.3 Å². The van der Waals surface area contributed by atoms with Crippen LogP contribution >= 0.6 is 23.1 Å². The lowest BCUT2D eigenvalue weighted by atomic mass is 9.84. The van der Waals surface area contributed by atoms with Crippen LogP contribution in [0, 0.1) is 18.3 Å². The van der Waals surface area contributed by atoms with Gasteiger partial charge in [-0.3, -0.25) is 9.59 Å². The standard InChI is InChI=1S/C28H24N2O2S2/c1-17-13-14-33-27(17)26-23(15-29)28(30-18(2)25(26)19(3)31)34-16-24(32)22-11-9-21(10-12-22)20-7-5-4-6-8-20/h4-14,26,30H,16H2,1-3H3. The maximum atomic E-state index is 12.9. The number of carbonyl (C=O) groups excluding carboxylic acids is 2. The van der Waals surface area contributed by atoms with Crippen LogP contribution in [-0.4, -0.2) is 17.3 Å². The number of nitriles is 1. The molecule has 170 valence electrons. The maximum Gasteiger partial charge on any atom is 0.173 e. The van der Waals surface area contributed by atoms with Gasteiger partial charge in [-0.15, -0.1) is 11.3 Å². The summed E-state index contributed by atoms with van der Waals surface area (Å²) < 4.78 is 0. The third-order valence-electron chi connectivity index (χ3n) is 5.85. The lowest BCUT2D eigenvalue weighted by Gasteiger charge is -2.29. The van der Waals surface area contributed by atoms with Crippen LogP contribution in [0.25, 0.3) is 11.1 Å². The molecule has 1 aliphatic rings. The monoisotopic (exact) mass is 484 g/mol. The van der Waals surface area contributed by atoms with E-state index in [4.69, 9.17) is 0 Å². The van der Waals surface area contributed by atoms with Crippen molar-refractivity contribution in [2.75, 3.05) is 5.75 Å². The Kier molecular flexibility index (Phi) is 7.16. The summed E-state index contributed by atoms with van der Waals surface area (Å²) in [5.41, 5.74) is 5.66. The number of ketones is 2. The molecule has 0 spiro atoms. The number of thiophene rings is 1. The van der Waals surface area contributed by atoms with Crippen LogP contribution in [0.5, 0.6) is 0 Å². The van der Waals surface area contributed by atoms with Crippen LogP contribution < -0.4 is 5.32 Å². The molecule has 2 aromatic carbocycles. The molecule has 0 radical (unpaired) electrons. The van der Waals surface area contributed by atoms with E-state index in [1.807, 2.05) is 79.9 Å². The number of nitrogens with one attached hydrogen (secondary N) is 1. The Balaban J connectivity index is 1.57.